The van der Waals surface area contributed by atoms with Gasteiger partial charge >= 0.3 is 0 Å². The molecule has 0 saturated carbocycles. The Balaban J connectivity index is 1.95. The number of terminal acetylenes is 1. The molecule has 0 spiro atoms. The molecule has 0 saturated heterocycles. The number of hydrogen-bond acceptors (Lipinski definition) is 4. The Kier molecular flexibility index (Phi) is 7.65. The summed E-state index contributed by atoms with van der Waals surface area (Å²) in [6, 6.07) is 11.2. The van der Waals surface area contributed by atoms with Crippen LogP contribution in [0.5, 0.6) is 0 Å². The molecule has 0 fully saturated rings. The molecule has 6 nitrogen and oxygen atoms in total. The molecule has 2 aromatic carbocycles. The summed E-state index contributed by atoms with van der Waals surface area (Å²) in [5.41, 5.74) is 1.12. The highest BCUT2D eigenvalue weighted by Gasteiger charge is 2.17. The second kappa shape index (κ2) is 9.96. The Morgan fingerprint density at radius 3 is 2.28 bits per heavy atom. The average molecular weight is 416 g/mol. The van der Waals surface area contributed by atoms with Crippen molar-refractivity contribution >= 4 is 21.7 Å². The maximum atomic E-state index is 13.0. The molecule has 2 rings (SSSR count). The number of nitrogens with zero attached hydrogens (tertiary/aromatic N) is 1. The van der Waals surface area contributed by atoms with Crippen molar-refractivity contribution in [3.05, 3.63) is 65.5 Å². The number of halogens is 1. The Labute approximate surface area is 169 Å². The van der Waals surface area contributed by atoms with Gasteiger partial charge in [-0.3, -0.25) is 9.59 Å². The van der Waals surface area contributed by atoms with Gasteiger partial charge < -0.3 is 4.90 Å². The van der Waals surface area contributed by atoms with Crippen molar-refractivity contribution in [2.75, 3.05) is 13.1 Å². The number of carbonyl (C=O) groups is 2. The predicted octanol–water partition coefficient (Wildman–Crippen LogP) is 2.36. The SMILES string of the molecule is C#CCN(Cc1ccc(F)cc1)C(=O)CCNS(=O)(=O)c1ccc(C(C)=O)cc1. The van der Waals surface area contributed by atoms with Crippen molar-refractivity contribution in [2.45, 2.75) is 24.8 Å². The van der Waals surface area contributed by atoms with E-state index in [2.05, 4.69) is 10.6 Å². The Bertz CT molecular complexity index is 1010. The van der Waals surface area contributed by atoms with Gasteiger partial charge in [-0.05, 0) is 36.8 Å². The van der Waals surface area contributed by atoms with Gasteiger partial charge in [0, 0.05) is 25.1 Å². The standard InChI is InChI=1S/C21H21FN2O4S/c1-3-14-24(15-17-4-8-19(22)9-5-17)21(26)12-13-23-29(27,28)20-10-6-18(7-11-20)16(2)25/h1,4-11,23H,12-15H2,2H3. The van der Waals surface area contributed by atoms with E-state index in [1.54, 1.807) is 12.1 Å². The first-order valence-electron chi connectivity index (χ1n) is 8.79. The van der Waals surface area contributed by atoms with E-state index in [0.29, 0.717) is 11.1 Å². The zero-order valence-electron chi connectivity index (χ0n) is 15.9. The van der Waals surface area contributed by atoms with Crippen LogP contribution in [0.15, 0.2) is 53.4 Å². The average Bonchev–Trinajstić information content (AvgIpc) is 2.69. The van der Waals surface area contributed by atoms with Crippen LogP contribution < -0.4 is 4.72 Å². The number of amides is 1. The lowest BCUT2D eigenvalue weighted by Crippen LogP contribution is -2.34. The van der Waals surface area contributed by atoms with E-state index in [-0.39, 0.29) is 48.5 Å². The van der Waals surface area contributed by atoms with Crippen LogP contribution in [0, 0.1) is 18.2 Å². The van der Waals surface area contributed by atoms with Crippen molar-refractivity contribution in [3.8, 4) is 12.3 Å². The third kappa shape index (κ3) is 6.52. The number of sulfonamides is 1. The largest absolute Gasteiger partial charge is 0.327 e. The van der Waals surface area contributed by atoms with Gasteiger partial charge in [-0.15, -0.1) is 6.42 Å². The lowest BCUT2D eigenvalue weighted by atomic mass is 10.2. The quantitative estimate of drug-likeness (QED) is 0.503. The van der Waals surface area contributed by atoms with Crippen molar-refractivity contribution < 1.29 is 22.4 Å². The molecule has 0 radical (unpaired) electrons. The number of benzene rings is 2. The van der Waals surface area contributed by atoms with Crippen LogP contribution in [0.1, 0.15) is 29.3 Å². The summed E-state index contributed by atoms with van der Waals surface area (Å²) in [7, 11) is -3.81. The molecule has 2 aromatic rings. The second-order valence-corrected chi connectivity index (χ2v) is 8.08. The first-order chi connectivity index (χ1) is 13.7. The molecule has 0 aromatic heterocycles. The molecule has 0 unspecified atom stereocenters. The summed E-state index contributed by atoms with van der Waals surface area (Å²) in [6.45, 7) is 1.53. The molecular formula is C21H21FN2O4S. The van der Waals surface area contributed by atoms with Gasteiger partial charge in [0.2, 0.25) is 15.9 Å². The van der Waals surface area contributed by atoms with Gasteiger partial charge in [0.25, 0.3) is 0 Å². The molecule has 0 bridgehead atoms. The summed E-state index contributed by atoms with van der Waals surface area (Å²) >= 11 is 0. The van der Waals surface area contributed by atoms with E-state index in [0.717, 1.165) is 0 Å². The maximum absolute atomic E-state index is 13.0. The Morgan fingerprint density at radius 2 is 1.72 bits per heavy atom. The topological polar surface area (TPSA) is 83.6 Å². The summed E-state index contributed by atoms with van der Waals surface area (Å²) in [5.74, 6) is 1.52. The van der Waals surface area contributed by atoms with Crippen LogP contribution in [0.3, 0.4) is 0 Å². The second-order valence-electron chi connectivity index (χ2n) is 6.31. The van der Waals surface area contributed by atoms with Gasteiger partial charge in [-0.25, -0.2) is 17.5 Å². The van der Waals surface area contributed by atoms with Gasteiger partial charge in [-0.2, -0.15) is 0 Å². The molecule has 152 valence electrons. The fraction of sp³-hybridized carbons (Fsp3) is 0.238. The van der Waals surface area contributed by atoms with E-state index < -0.39 is 10.0 Å². The van der Waals surface area contributed by atoms with E-state index in [1.807, 2.05) is 0 Å². The zero-order valence-corrected chi connectivity index (χ0v) is 16.7. The summed E-state index contributed by atoms with van der Waals surface area (Å²) in [6.07, 6.45) is 5.22. The molecule has 0 atom stereocenters. The van der Waals surface area contributed by atoms with Gasteiger partial charge in [0.15, 0.2) is 5.78 Å². The maximum Gasteiger partial charge on any atom is 0.240 e. The lowest BCUT2D eigenvalue weighted by molar-refractivity contribution is -0.131. The predicted molar refractivity (Wildman–Crippen MR) is 107 cm³/mol. The van der Waals surface area contributed by atoms with Crippen LogP contribution in [0.25, 0.3) is 0 Å². The van der Waals surface area contributed by atoms with Crippen molar-refractivity contribution in [1.29, 1.82) is 0 Å². The number of rotatable bonds is 9. The first kappa shape index (κ1) is 22.3. The normalized spacial score (nSPS) is 10.9. The van der Waals surface area contributed by atoms with Crippen molar-refractivity contribution in [2.24, 2.45) is 0 Å². The van der Waals surface area contributed by atoms with Crippen LogP contribution in [0.2, 0.25) is 0 Å². The number of hydrogen-bond donors (Lipinski definition) is 1. The summed E-state index contributed by atoms with van der Waals surface area (Å²) in [4.78, 5) is 25.1. The smallest absolute Gasteiger partial charge is 0.240 e. The van der Waals surface area contributed by atoms with Crippen LogP contribution >= 0.6 is 0 Å². The van der Waals surface area contributed by atoms with E-state index in [4.69, 9.17) is 6.42 Å². The highest BCUT2D eigenvalue weighted by molar-refractivity contribution is 7.89. The highest BCUT2D eigenvalue weighted by Crippen LogP contribution is 2.12. The van der Waals surface area contributed by atoms with E-state index in [1.165, 1.54) is 48.2 Å². The molecule has 29 heavy (non-hydrogen) atoms. The fourth-order valence-corrected chi connectivity index (χ4v) is 3.59. The minimum absolute atomic E-state index is 0.00161. The molecule has 0 aliphatic heterocycles. The van der Waals surface area contributed by atoms with Crippen LogP contribution in [-0.4, -0.2) is 38.1 Å². The molecule has 0 heterocycles. The van der Waals surface area contributed by atoms with Crippen LogP contribution in [0.4, 0.5) is 4.39 Å². The Hall–Kier alpha value is -3.02. The molecule has 1 N–H and O–H groups in total. The first-order valence-corrected chi connectivity index (χ1v) is 10.3. The lowest BCUT2D eigenvalue weighted by Gasteiger charge is -2.20. The molecule has 8 heteroatoms. The van der Waals surface area contributed by atoms with Crippen molar-refractivity contribution in [3.63, 3.8) is 0 Å². The summed E-state index contributed by atoms with van der Waals surface area (Å²) < 4.78 is 40.0. The highest BCUT2D eigenvalue weighted by atomic mass is 32.2. The molecule has 0 aliphatic rings. The third-order valence-electron chi connectivity index (χ3n) is 4.12. The molecule has 1 amide bonds. The number of carbonyl (C=O) groups excluding carboxylic acids is 2. The molecular weight excluding hydrogens is 395 g/mol. The minimum atomic E-state index is -3.81. The number of nitrogens with one attached hydrogen (secondary N) is 1. The third-order valence-corrected chi connectivity index (χ3v) is 5.60. The van der Waals surface area contributed by atoms with Crippen LogP contribution in [-0.2, 0) is 21.4 Å². The monoisotopic (exact) mass is 416 g/mol. The zero-order chi connectivity index (χ0) is 21.4. The van der Waals surface area contributed by atoms with Crippen molar-refractivity contribution in [1.82, 2.24) is 9.62 Å². The molecule has 0 aliphatic carbocycles. The van der Waals surface area contributed by atoms with Gasteiger partial charge in [0.1, 0.15) is 5.82 Å². The fourth-order valence-electron chi connectivity index (χ4n) is 2.56. The summed E-state index contributed by atoms with van der Waals surface area (Å²) in [5, 5.41) is 0. The van der Waals surface area contributed by atoms with E-state index >= 15 is 0 Å². The van der Waals surface area contributed by atoms with Gasteiger partial charge in [-0.1, -0.05) is 30.2 Å². The van der Waals surface area contributed by atoms with E-state index in [9.17, 15) is 22.4 Å². The number of Topliss-reactive ketones (excluding diaryl/α,β-unsaturated/α-hetero) is 1. The number of ketones is 1. The minimum Gasteiger partial charge on any atom is -0.327 e. The van der Waals surface area contributed by atoms with Gasteiger partial charge in [0.05, 0.1) is 11.4 Å². The Morgan fingerprint density at radius 1 is 1.10 bits per heavy atom.